The normalized spacial score (nSPS) is 12.9. The minimum atomic E-state index is -0.754. The molecule has 0 fully saturated rings. The van der Waals surface area contributed by atoms with Gasteiger partial charge >= 0.3 is 11.9 Å². The van der Waals surface area contributed by atoms with Crippen LogP contribution in [0.5, 0.6) is 0 Å². The van der Waals surface area contributed by atoms with Crippen LogP contribution in [0.1, 0.15) is 36.2 Å². The van der Waals surface area contributed by atoms with Crippen molar-refractivity contribution in [3.05, 3.63) is 35.4 Å². The number of hydrogen-bond acceptors (Lipinski definition) is 5. The fourth-order valence-corrected chi connectivity index (χ4v) is 2.00. The fraction of sp³-hybridized carbons (Fsp3) is 0.471. The van der Waals surface area contributed by atoms with Crippen molar-refractivity contribution in [1.82, 2.24) is 5.32 Å². The second kappa shape index (κ2) is 8.92. The Labute approximate surface area is 136 Å². The SMILES string of the molecule is CC[C@@H](C)[C@@H](NC(=O)COC(=O)c1cccc(C)c1)C(=O)OC. The number of hydrogen-bond donors (Lipinski definition) is 1. The van der Waals surface area contributed by atoms with E-state index >= 15 is 0 Å². The lowest BCUT2D eigenvalue weighted by Crippen LogP contribution is -2.47. The largest absolute Gasteiger partial charge is 0.467 e. The Morgan fingerprint density at radius 3 is 2.52 bits per heavy atom. The fourth-order valence-electron chi connectivity index (χ4n) is 2.00. The summed E-state index contributed by atoms with van der Waals surface area (Å²) in [5, 5.41) is 2.55. The van der Waals surface area contributed by atoms with Crippen molar-refractivity contribution in [2.45, 2.75) is 33.2 Å². The molecule has 0 bridgehead atoms. The van der Waals surface area contributed by atoms with Crippen molar-refractivity contribution < 1.29 is 23.9 Å². The van der Waals surface area contributed by atoms with Gasteiger partial charge in [-0.15, -0.1) is 0 Å². The van der Waals surface area contributed by atoms with Crippen LogP contribution in [-0.4, -0.2) is 37.6 Å². The Kier molecular flexibility index (Phi) is 7.25. The molecule has 23 heavy (non-hydrogen) atoms. The second-order valence-corrected chi connectivity index (χ2v) is 5.40. The number of nitrogens with one attached hydrogen (secondary N) is 1. The van der Waals surface area contributed by atoms with Crippen molar-refractivity contribution in [3.8, 4) is 0 Å². The van der Waals surface area contributed by atoms with E-state index in [2.05, 4.69) is 10.1 Å². The Bertz CT molecular complexity index is 570. The minimum Gasteiger partial charge on any atom is -0.467 e. The highest BCUT2D eigenvalue weighted by Crippen LogP contribution is 2.09. The van der Waals surface area contributed by atoms with Crippen LogP contribution in [0.15, 0.2) is 24.3 Å². The Morgan fingerprint density at radius 1 is 1.26 bits per heavy atom. The zero-order valence-electron chi connectivity index (χ0n) is 13.9. The molecule has 6 nitrogen and oxygen atoms in total. The van der Waals surface area contributed by atoms with Gasteiger partial charge in [-0.25, -0.2) is 9.59 Å². The number of amides is 1. The maximum Gasteiger partial charge on any atom is 0.338 e. The van der Waals surface area contributed by atoms with Crippen LogP contribution in [0.4, 0.5) is 0 Å². The molecule has 1 aromatic carbocycles. The highest BCUT2D eigenvalue weighted by Gasteiger charge is 2.26. The molecule has 2 atom stereocenters. The van der Waals surface area contributed by atoms with E-state index in [1.54, 1.807) is 18.2 Å². The number of benzene rings is 1. The Balaban J connectivity index is 2.58. The van der Waals surface area contributed by atoms with Crippen LogP contribution in [0.3, 0.4) is 0 Å². The van der Waals surface area contributed by atoms with E-state index in [1.807, 2.05) is 26.8 Å². The number of ether oxygens (including phenoxy) is 2. The molecule has 0 radical (unpaired) electrons. The molecule has 0 aliphatic heterocycles. The van der Waals surface area contributed by atoms with Crippen molar-refractivity contribution in [3.63, 3.8) is 0 Å². The lowest BCUT2D eigenvalue weighted by atomic mass is 9.99. The summed E-state index contributed by atoms with van der Waals surface area (Å²) in [7, 11) is 1.27. The number of methoxy groups -OCH3 is 1. The zero-order valence-corrected chi connectivity index (χ0v) is 13.9. The molecule has 0 spiro atoms. The molecule has 1 rings (SSSR count). The Morgan fingerprint density at radius 2 is 1.96 bits per heavy atom. The van der Waals surface area contributed by atoms with Gasteiger partial charge in [0.2, 0.25) is 0 Å². The van der Waals surface area contributed by atoms with Gasteiger partial charge in [-0.3, -0.25) is 4.79 Å². The molecular weight excluding hydrogens is 298 g/mol. The molecule has 1 aromatic rings. The van der Waals surface area contributed by atoms with Crippen LogP contribution < -0.4 is 5.32 Å². The highest BCUT2D eigenvalue weighted by atomic mass is 16.5. The summed E-state index contributed by atoms with van der Waals surface area (Å²) < 4.78 is 9.65. The molecule has 126 valence electrons. The van der Waals surface area contributed by atoms with Crippen molar-refractivity contribution in [2.24, 2.45) is 5.92 Å². The van der Waals surface area contributed by atoms with Crippen LogP contribution >= 0.6 is 0 Å². The molecule has 1 amide bonds. The lowest BCUT2D eigenvalue weighted by molar-refractivity contribution is -0.147. The maximum atomic E-state index is 11.9. The van der Waals surface area contributed by atoms with E-state index < -0.39 is 30.5 Å². The predicted octanol–water partition coefficient (Wildman–Crippen LogP) is 1.86. The standard InChI is InChI=1S/C17H23NO5/c1-5-12(3)15(17(21)22-4)18-14(19)10-23-16(20)13-8-6-7-11(2)9-13/h6-9,12,15H,5,10H2,1-4H3,(H,18,19)/t12-,15-/m1/s1. The molecule has 0 saturated heterocycles. The first-order valence-corrected chi connectivity index (χ1v) is 7.50. The maximum absolute atomic E-state index is 11.9. The van der Waals surface area contributed by atoms with Gasteiger partial charge in [0.25, 0.3) is 5.91 Å². The van der Waals surface area contributed by atoms with Crippen molar-refractivity contribution >= 4 is 17.8 Å². The summed E-state index contributed by atoms with van der Waals surface area (Å²) in [5.74, 6) is -1.72. The number of carbonyl (C=O) groups excluding carboxylic acids is 3. The molecule has 1 N–H and O–H groups in total. The van der Waals surface area contributed by atoms with Gasteiger partial charge in [-0.2, -0.15) is 0 Å². The van der Waals surface area contributed by atoms with E-state index in [4.69, 9.17) is 4.74 Å². The van der Waals surface area contributed by atoms with Gasteiger partial charge in [0.1, 0.15) is 6.04 Å². The number of carbonyl (C=O) groups is 3. The number of esters is 2. The monoisotopic (exact) mass is 321 g/mol. The summed E-state index contributed by atoms with van der Waals surface area (Å²) in [6, 6.07) is 6.13. The van der Waals surface area contributed by atoms with Crippen LogP contribution in [0, 0.1) is 12.8 Å². The van der Waals surface area contributed by atoms with Crippen molar-refractivity contribution in [2.75, 3.05) is 13.7 Å². The second-order valence-electron chi connectivity index (χ2n) is 5.40. The van der Waals surface area contributed by atoms with Gasteiger partial charge in [0.15, 0.2) is 6.61 Å². The first-order chi connectivity index (χ1) is 10.9. The van der Waals surface area contributed by atoms with E-state index in [0.29, 0.717) is 12.0 Å². The lowest BCUT2D eigenvalue weighted by Gasteiger charge is -2.21. The third kappa shape index (κ3) is 5.73. The summed E-state index contributed by atoms with van der Waals surface area (Å²) in [6.07, 6.45) is 0.698. The van der Waals surface area contributed by atoms with Crippen LogP contribution in [-0.2, 0) is 19.1 Å². The third-order valence-electron chi connectivity index (χ3n) is 3.57. The molecule has 0 saturated carbocycles. The smallest absolute Gasteiger partial charge is 0.338 e. The molecule has 0 aliphatic carbocycles. The van der Waals surface area contributed by atoms with Gasteiger partial charge in [0, 0.05) is 0 Å². The van der Waals surface area contributed by atoms with E-state index in [1.165, 1.54) is 7.11 Å². The average Bonchev–Trinajstić information content (AvgIpc) is 2.56. The Hall–Kier alpha value is -2.37. The average molecular weight is 321 g/mol. The van der Waals surface area contributed by atoms with Crippen LogP contribution in [0.25, 0.3) is 0 Å². The topological polar surface area (TPSA) is 81.7 Å². The number of aryl methyl sites for hydroxylation is 1. The van der Waals surface area contributed by atoms with Gasteiger partial charge in [-0.1, -0.05) is 38.0 Å². The molecule has 0 aliphatic rings. The first kappa shape index (κ1) is 18.7. The molecular formula is C17H23NO5. The molecule has 0 heterocycles. The summed E-state index contributed by atoms with van der Waals surface area (Å²) >= 11 is 0. The first-order valence-electron chi connectivity index (χ1n) is 7.50. The summed E-state index contributed by atoms with van der Waals surface area (Å²) in [5.41, 5.74) is 1.30. The van der Waals surface area contributed by atoms with Gasteiger partial charge < -0.3 is 14.8 Å². The van der Waals surface area contributed by atoms with E-state index in [9.17, 15) is 14.4 Å². The summed E-state index contributed by atoms with van der Waals surface area (Å²) in [6.45, 7) is 5.15. The predicted molar refractivity (Wildman–Crippen MR) is 84.9 cm³/mol. The van der Waals surface area contributed by atoms with Gasteiger partial charge in [-0.05, 0) is 25.0 Å². The highest BCUT2D eigenvalue weighted by molar-refractivity contribution is 5.92. The van der Waals surface area contributed by atoms with Crippen LogP contribution in [0.2, 0.25) is 0 Å². The molecule has 6 heteroatoms. The molecule has 0 unspecified atom stereocenters. The zero-order chi connectivity index (χ0) is 17.4. The number of rotatable bonds is 7. The third-order valence-corrected chi connectivity index (χ3v) is 3.57. The molecule has 0 aromatic heterocycles. The summed E-state index contributed by atoms with van der Waals surface area (Å²) in [4.78, 5) is 35.5. The quantitative estimate of drug-likeness (QED) is 0.775. The minimum absolute atomic E-state index is 0.0844. The van der Waals surface area contributed by atoms with E-state index in [0.717, 1.165) is 5.56 Å². The van der Waals surface area contributed by atoms with Crippen molar-refractivity contribution in [1.29, 1.82) is 0 Å². The van der Waals surface area contributed by atoms with E-state index in [-0.39, 0.29) is 5.92 Å². The van der Waals surface area contributed by atoms with Gasteiger partial charge in [0.05, 0.1) is 12.7 Å².